The molecule has 1 aliphatic carbocycles. The number of aliphatic imine (C=N–C) groups is 1. The van der Waals surface area contributed by atoms with Gasteiger partial charge >= 0.3 is 0 Å². The highest BCUT2D eigenvalue weighted by Gasteiger charge is 1.99. The largest absolute Gasteiger partial charge is 0.231 e. The van der Waals surface area contributed by atoms with E-state index in [1.807, 2.05) is 24.3 Å². The van der Waals surface area contributed by atoms with Crippen molar-refractivity contribution in [2.24, 2.45) is 4.99 Å². The molecule has 0 saturated carbocycles. The fourth-order valence-corrected chi connectivity index (χ4v) is 1.22. The molecule has 14 heavy (non-hydrogen) atoms. The molecule has 1 rings (SSSR count). The molecule has 1 nitrogen and oxygen atoms in total. The van der Waals surface area contributed by atoms with E-state index >= 15 is 0 Å². The summed E-state index contributed by atoms with van der Waals surface area (Å²) in [6.07, 6.45) is 10.1. The summed E-state index contributed by atoms with van der Waals surface area (Å²) in [6, 6.07) is 0.147. The second-order valence-electron chi connectivity index (χ2n) is 3.34. The Morgan fingerprint density at radius 1 is 1.36 bits per heavy atom. The van der Waals surface area contributed by atoms with Crippen LogP contribution in [-0.2, 0) is 0 Å². The molecule has 74 valence electrons. The standard InChI is InChI=1S/C13H17N/c1-4-12(5-2)10-14-13-8-6-11(3)7-9-13/h6-9,13H,3-5H2,1-2H3. The minimum absolute atomic E-state index is 0.147. The summed E-state index contributed by atoms with van der Waals surface area (Å²) in [5.41, 5.74) is 2.31. The van der Waals surface area contributed by atoms with E-state index in [1.165, 1.54) is 5.57 Å². The lowest BCUT2D eigenvalue weighted by Crippen LogP contribution is -1.98. The average Bonchev–Trinajstić information content (AvgIpc) is 2.22. The topological polar surface area (TPSA) is 12.4 Å². The lowest BCUT2D eigenvalue weighted by Gasteiger charge is -2.04. The van der Waals surface area contributed by atoms with Gasteiger partial charge < -0.3 is 0 Å². The lowest BCUT2D eigenvalue weighted by atomic mass is 10.1. The van der Waals surface area contributed by atoms with Crippen LogP contribution in [-0.4, -0.2) is 11.9 Å². The molecular weight excluding hydrogens is 170 g/mol. The van der Waals surface area contributed by atoms with E-state index in [9.17, 15) is 0 Å². The van der Waals surface area contributed by atoms with Crippen molar-refractivity contribution in [2.45, 2.75) is 32.7 Å². The quantitative estimate of drug-likeness (QED) is 0.600. The first-order chi connectivity index (χ1) is 6.76. The Labute approximate surface area is 86.2 Å². The third kappa shape index (κ3) is 3.20. The summed E-state index contributed by atoms with van der Waals surface area (Å²) in [5, 5.41) is 0. The van der Waals surface area contributed by atoms with Crippen LogP contribution in [0.25, 0.3) is 0 Å². The van der Waals surface area contributed by atoms with Crippen molar-refractivity contribution in [1.29, 1.82) is 0 Å². The van der Waals surface area contributed by atoms with Gasteiger partial charge in [0, 0.05) is 0 Å². The minimum atomic E-state index is 0.147. The number of nitrogens with zero attached hydrogens (tertiary/aromatic N) is 1. The fourth-order valence-electron chi connectivity index (χ4n) is 1.22. The molecule has 0 aliphatic heterocycles. The normalized spacial score (nSPS) is 15.4. The van der Waals surface area contributed by atoms with Crippen molar-refractivity contribution in [2.75, 3.05) is 0 Å². The molecule has 0 unspecified atom stereocenters. The third-order valence-corrected chi connectivity index (χ3v) is 2.24. The van der Waals surface area contributed by atoms with E-state index in [0.29, 0.717) is 0 Å². The second-order valence-corrected chi connectivity index (χ2v) is 3.34. The van der Waals surface area contributed by atoms with Gasteiger partial charge in [-0.3, -0.25) is 0 Å². The van der Waals surface area contributed by atoms with Crippen LogP contribution in [0.1, 0.15) is 26.7 Å². The van der Waals surface area contributed by atoms with Crippen molar-refractivity contribution < 1.29 is 0 Å². The molecule has 0 spiro atoms. The van der Waals surface area contributed by atoms with Crippen LogP contribution in [0, 0.1) is 0 Å². The van der Waals surface area contributed by atoms with E-state index in [0.717, 1.165) is 18.4 Å². The van der Waals surface area contributed by atoms with Crippen LogP contribution < -0.4 is 0 Å². The number of rotatable bonds is 3. The van der Waals surface area contributed by atoms with Gasteiger partial charge in [0.05, 0.1) is 6.04 Å². The fraction of sp³-hybridized carbons (Fsp3) is 0.385. The summed E-state index contributed by atoms with van der Waals surface area (Å²) in [6.45, 7) is 8.10. The Hall–Kier alpha value is -1.33. The molecule has 0 saturated heterocycles. The van der Waals surface area contributed by atoms with Gasteiger partial charge in [0.15, 0.2) is 0 Å². The van der Waals surface area contributed by atoms with Crippen LogP contribution >= 0.6 is 0 Å². The second kappa shape index (κ2) is 5.41. The molecule has 0 fully saturated rings. The van der Waals surface area contributed by atoms with Crippen molar-refractivity contribution >= 4 is 5.87 Å². The summed E-state index contributed by atoms with van der Waals surface area (Å²) in [7, 11) is 0. The van der Waals surface area contributed by atoms with E-state index < -0.39 is 0 Å². The highest BCUT2D eigenvalue weighted by Crippen LogP contribution is 2.09. The molecule has 0 N–H and O–H groups in total. The lowest BCUT2D eigenvalue weighted by molar-refractivity contribution is 0.981. The Balaban J connectivity index is 2.70. The van der Waals surface area contributed by atoms with Crippen LogP contribution in [0.2, 0.25) is 0 Å². The van der Waals surface area contributed by atoms with E-state index in [4.69, 9.17) is 0 Å². The zero-order valence-electron chi connectivity index (χ0n) is 8.96. The smallest absolute Gasteiger partial charge is 0.0961 e. The van der Waals surface area contributed by atoms with Gasteiger partial charge in [-0.05, 0) is 29.9 Å². The molecule has 0 aromatic rings. The van der Waals surface area contributed by atoms with Crippen molar-refractivity contribution in [3.63, 3.8) is 0 Å². The highest BCUT2D eigenvalue weighted by molar-refractivity contribution is 5.58. The summed E-state index contributed by atoms with van der Waals surface area (Å²) in [5.74, 6) is 3.11. The first kappa shape index (κ1) is 10.7. The number of allylic oxidation sites excluding steroid dienone is 4. The Kier molecular flexibility index (Phi) is 4.15. The Morgan fingerprint density at radius 3 is 2.43 bits per heavy atom. The van der Waals surface area contributed by atoms with Crippen LogP contribution in [0.15, 0.2) is 47.0 Å². The number of hydrogen-bond donors (Lipinski definition) is 0. The highest BCUT2D eigenvalue weighted by atomic mass is 14.7. The van der Waals surface area contributed by atoms with Gasteiger partial charge in [0.25, 0.3) is 0 Å². The van der Waals surface area contributed by atoms with E-state index in [-0.39, 0.29) is 6.04 Å². The summed E-state index contributed by atoms with van der Waals surface area (Å²) >= 11 is 0. The number of hydrogen-bond acceptors (Lipinski definition) is 1. The Bertz CT molecular complexity index is 303. The molecule has 0 aromatic carbocycles. The maximum atomic E-state index is 4.36. The predicted octanol–water partition coefficient (Wildman–Crippen LogP) is 3.45. The molecular formula is C13H17N. The summed E-state index contributed by atoms with van der Waals surface area (Å²) < 4.78 is 0. The first-order valence-electron chi connectivity index (χ1n) is 5.12. The molecule has 0 radical (unpaired) electrons. The van der Waals surface area contributed by atoms with Crippen LogP contribution in [0.3, 0.4) is 0 Å². The maximum Gasteiger partial charge on any atom is 0.0961 e. The molecule has 0 aromatic heterocycles. The van der Waals surface area contributed by atoms with Crippen LogP contribution in [0.4, 0.5) is 0 Å². The van der Waals surface area contributed by atoms with E-state index in [1.54, 1.807) is 0 Å². The minimum Gasteiger partial charge on any atom is -0.231 e. The molecule has 1 aliphatic rings. The van der Waals surface area contributed by atoms with Gasteiger partial charge in [-0.15, -0.1) is 0 Å². The van der Waals surface area contributed by atoms with Gasteiger partial charge in [0.2, 0.25) is 0 Å². The zero-order chi connectivity index (χ0) is 10.4. The molecule has 0 heterocycles. The summed E-state index contributed by atoms with van der Waals surface area (Å²) in [4.78, 5) is 4.36. The van der Waals surface area contributed by atoms with E-state index in [2.05, 4.69) is 31.3 Å². The van der Waals surface area contributed by atoms with Crippen LogP contribution in [0.5, 0.6) is 0 Å². The average molecular weight is 187 g/mol. The zero-order valence-corrected chi connectivity index (χ0v) is 8.96. The molecule has 0 bridgehead atoms. The first-order valence-corrected chi connectivity index (χ1v) is 5.12. The third-order valence-electron chi connectivity index (χ3n) is 2.24. The van der Waals surface area contributed by atoms with Gasteiger partial charge in [-0.1, -0.05) is 44.7 Å². The van der Waals surface area contributed by atoms with Gasteiger partial charge in [0.1, 0.15) is 0 Å². The molecule has 0 atom stereocenters. The van der Waals surface area contributed by atoms with Crippen molar-refractivity contribution in [3.05, 3.63) is 42.0 Å². The van der Waals surface area contributed by atoms with Crippen molar-refractivity contribution in [1.82, 2.24) is 0 Å². The SMILES string of the molecule is C=C1C=CC(N=C=C(CC)CC)C=C1. The maximum absolute atomic E-state index is 4.36. The van der Waals surface area contributed by atoms with Crippen molar-refractivity contribution in [3.8, 4) is 0 Å². The molecule has 1 heteroatoms. The van der Waals surface area contributed by atoms with Gasteiger partial charge in [-0.2, -0.15) is 0 Å². The monoisotopic (exact) mass is 187 g/mol. The Morgan fingerprint density at radius 2 is 1.93 bits per heavy atom. The van der Waals surface area contributed by atoms with Gasteiger partial charge in [-0.25, -0.2) is 4.99 Å². The predicted molar refractivity (Wildman–Crippen MR) is 62.7 cm³/mol. The molecule has 0 amide bonds.